The van der Waals surface area contributed by atoms with Crippen molar-refractivity contribution in [3.63, 3.8) is 0 Å². The summed E-state index contributed by atoms with van der Waals surface area (Å²) in [4.78, 5) is 4.17. The minimum atomic E-state index is -0.956. The lowest BCUT2D eigenvalue weighted by Gasteiger charge is -1.96. The molecule has 0 unspecified atom stereocenters. The number of nitrogens with zero attached hydrogens (tertiary/aromatic N) is 3. The Morgan fingerprint density at radius 2 is 1.95 bits per heavy atom. The molecule has 0 radical (unpaired) electrons. The highest BCUT2D eigenvalue weighted by Gasteiger charge is 2.11. The molecule has 1 aromatic carbocycles. The van der Waals surface area contributed by atoms with Gasteiger partial charge in [0.05, 0.1) is 10.7 Å². The van der Waals surface area contributed by atoms with Gasteiger partial charge < -0.3 is 5.73 Å². The monoisotopic (exact) mass is 280 g/mol. The molecule has 4 nitrogen and oxygen atoms in total. The molecule has 0 atom stereocenters. The fraction of sp³-hybridized carbons (Fsp3) is 0. The highest BCUT2D eigenvalue weighted by molar-refractivity contribution is 6.30. The van der Waals surface area contributed by atoms with Gasteiger partial charge in [0.15, 0.2) is 23.1 Å². The van der Waals surface area contributed by atoms with Crippen LogP contribution in [0.4, 0.5) is 14.5 Å². The van der Waals surface area contributed by atoms with Crippen LogP contribution in [-0.4, -0.2) is 14.6 Å². The zero-order valence-electron chi connectivity index (χ0n) is 9.44. The molecule has 0 aliphatic carbocycles. The fourth-order valence-electron chi connectivity index (χ4n) is 1.73. The molecule has 0 aliphatic rings. The third kappa shape index (κ3) is 2.00. The number of fused-ring (bicyclic) bond motifs is 1. The van der Waals surface area contributed by atoms with E-state index in [1.807, 2.05) is 0 Å². The summed E-state index contributed by atoms with van der Waals surface area (Å²) >= 11 is 5.85. The summed E-state index contributed by atoms with van der Waals surface area (Å²) in [6, 6.07) is 4.99. The van der Waals surface area contributed by atoms with Crippen molar-refractivity contribution in [1.82, 2.24) is 14.6 Å². The van der Waals surface area contributed by atoms with Crippen molar-refractivity contribution in [2.45, 2.75) is 0 Å². The first-order chi connectivity index (χ1) is 9.04. The average Bonchev–Trinajstić information content (AvgIpc) is 2.76. The van der Waals surface area contributed by atoms with Crippen LogP contribution in [0.2, 0.25) is 5.02 Å². The van der Waals surface area contributed by atoms with Gasteiger partial charge in [-0.3, -0.25) is 0 Å². The Hall–Kier alpha value is -2.21. The lowest BCUT2D eigenvalue weighted by Crippen LogP contribution is -1.93. The summed E-state index contributed by atoms with van der Waals surface area (Å²) in [5.41, 5.74) is 6.88. The normalized spacial score (nSPS) is 11.1. The van der Waals surface area contributed by atoms with Crippen LogP contribution in [0.5, 0.6) is 0 Å². The molecule has 2 heterocycles. The molecular weight excluding hydrogens is 274 g/mol. The van der Waals surface area contributed by atoms with Crippen molar-refractivity contribution in [3.05, 3.63) is 47.1 Å². The van der Waals surface area contributed by atoms with Gasteiger partial charge in [-0.05, 0) is 24.3 Å². The average molecular weight is 281 g/mol. The first kappa shape index (κ1) is 11.9. The lowest BCUT2D eigenvalue weighted by molar-refractivity contribution is 0.509. The topological polar surface area (TPSA) is 56.2 Å². The molecule has 0 fully saturated rings. The SMILES string of the molecule is Nc1cc(Cl)cn2nc(-c3ccc(F)c(F)c3)nc12. The second-order valence-electron chi connectivity index (χ2n) is 3.95. The van der Waals surface area contributed by atoms with E-state index in [1.54, 1.807) is 6.07 Å². The van der Waals surface area contributed by atoms with Gasteiger partial charge in [-0.15, -0.1) is 5.10 Å². The Balaban J connectivity index is 2.20. The predicted molar refractivity (Wildman–Crippen MR) is 67.8 cm³/mol. The van der Waals surface area contributed by atoms with Crippen molar-refractivity contribution >= 4 is 22.9 Å². The smallest absolute Gasteiger partial charge is 0.182 e. The number of benzene rings is 1. The molecule has 0 bridgehead atoms. The van der Waals surface area contributed by atoms with E-state index < -0.39 is 11.6 Å². The second kappa shape index (κ2) is 4.17. The Kier molecular flexibility index (Phi) is 2.60. The maximum absolute atomic E-state index is 13.2. The number of nitrogen functional groups attached to an aromatic ring is 1. The van der Waals surface area contributed by atoms with E-state index in [0.717, 1.165) is 12.1 Å². The lowest BCUT2D eigenvalue weighted by atomic mass is 10.2. The first-order valence-corrected chi connectivity index (χ1v) is 5.69. The van der Waals surface area contributed by atoms with Crippen LogP contribution in [-0.2, 0) is 0 Å². The highest BCUT2D eigenvalue weighted by atomic mass is 35.5. The van der Waals surface area contributed by atoms with Crippen LogP contribution in [0.25, 0.3) is 17.0 Å². The summed E-state index contributed by atoms with van der Waals surface area (Å²) < 4.78 is 27.5. The third-order valence-electron chi connectivity index (χ3n) is 2.61. The zero-order valence-corrected chi connectivity index (χ0v) is 10.2. The molecule has 0 saturated carbocycles. The molecule has 0 saturated heterocycles. The van der Waals surface area contributed by atoms with Crippen LogP contribution >= 0.6 is 11.6 Å². The van der Waals surface area contributed by atoms with E-state index in [9.17, 15) is 8.78 Å². The molecule has 0 aliphatic heterocycles. The van der Waals surface area contributed by atoms with Crippen molar-refractivity contribution in [2.75, 3.05) is 5.73 Å². The molecule has 2 N–H and O–H groups in total. The number of hydrogen-bond donors (Lipinski definition) is 1. The van der Waals surface area contributed by atoms with Gasteiger partial charge in [0.1, 0.15) is 0 Å². The summed E-state index contributed by atoms with van der Waals surface area (Å²) in [5, 5.41) is 4.54. The number of halogens is 3. The summed E-state index contributed by atoms with van der Waals surface area (Å²) in [5.74, 6) is -1.63. The fourth-order valence-corrected chi connectivity index (χ4v) is 1.94. The van der Waals surface area contributed by atoms with E-state index >= 15 is 0 Å². The van der Waals surface area contributed by atoms with Crippen molar-refractivity contribution in [2.24, 2.45) is 0 Å². The molecule has 96 valence electrons. The quantitative estimate of drug-likeness (QED) is 0.746. The molecule has 7 heteroatoms. The first-order valence-electron chi connectivity index (χ1n) is 5.31. The van der Waals surface area contributed by atoms with E-state index in [-0.39, 0.29) is 5.82 Å². The number of pyridine rings is 1. The van der Waals surface area contributed by atoms with Gasteiger partial charge in [-0.2, -0.15) is 0 Å². The number of hydrogen-bond acceptors (Lipinski definition) is 3. The van der Waals surface area contributed by atoms with Gasteiger partial charge in [0.25, 0.3) is 0 Å². The maximum Gasteiger partial charge on any atom is 0.182 e. The second-order valence-corrected chi connectivity index (χ2v) is 4.38. The maximum atomic E-state index is 13.2. The molecule has 3 rings (SSSR count). The number of anilines is 1. The van der Waals surface area contributed by atoms with Crippen LogP contribution in [0, 0.1) is 11.6 Å². The largest absolute Gasteiger partial charge is 0.396 e. The summed E-state index contributed by atoms with van der Waals surface area (Å²) in [6.45, 7) is 0. The molecule has 19 heavy (non-hydrogen) atoms. The number of aromatic nitrogens is 3. The van der Waals surface area contributed by atoms with Gasteiger partial charge >= 0.3 is 0 Å². The molecule has 0 amide bonds. The Morgan fingerprint density at radius 3 is 2.68 bits per heavy atom. The van der Waals surface area contributed by atoms with E-state index in [2.05, 4.69) is 10.1 Å². The molecule has 2 aromatic heterocycles. The van der Waals surface area contributed by atoms with Gasteiger partial charge in [0.2, 0.25) is 0 Å². The van der Waals surface area contributed by atoms with Crippen LogP contribution < -0.4 is 5.73 Å². The highest BCUT2D eigenvalue weighted by Crippen LogP contribution is 2.23. The van der Waals surface area contributed by atoms with Crippen molar-refractivity contribution < 1.29 is 8.78 Å². The van der Waals surface area contributed by atoms with Crippen LogP contribution in [0.15, 0.2) is 30.5 Å². The summed E-state index contributed by atoms with van der Waals surface area (Å²) in [7, 11) is 0. The minimum Gasteiger partial charge on any atom is -0.396 e. The van der Waals surface area contributed by atoms with Crippen LogP contribution in [0.3, 0.4) is 0 Å². The third-order valence-corrected chi connectivity index (χ3v) is 2.81. The Bertz CT molecular complexity index is 785. The van der Waals surface area contributed by atoms with Gasteiger partial charge in [0, 0.05) is 11.8 Å². The molecule has 0 spiro atoms. The van der Waals surface area contributed by atoms with Crippen LogP contribution in [0.1, 0.15) is 0 Å². The Labute approximate surface area is 111 Å². The van der Waals surface area contributed by atoms with Crippen molar-refractivity contribution in [3.8, 4) is 11.4 Å². The van der Waals surface area contributed by atoms with E-state index in [0.29, 0.717) is 21.9 Å². The van der Waals surface area contributed by atoms with Gasteiger partial charge in [-0.25, -0.2) is 18.3 Å². The Morgan fingerprint density at radius 1 is 1.16 bits per heavy atom. The molecule has 3 aromatic rings. The standard InChI is InChI=1S/C12H7ClF2N4/c13-7-4-10(16)12-17-11(18-19(12)5-7)6-1-2-8(14)9(15)3-6/h1-5H,16H2. The van der Waals surface area contributed by atoms with E-state index in [1.165, 1.54) is 16.8 Å². The number of nitrogens with two attached hydrogens (primary N) is 1. The van der Waals surface area contributed by atoms with E-state index in [4.69, 9.17) is 17.3 Å². The molecular formula is C12H7ClF2N4. The van der Waals surface area contributed by atoms with Gasteiger partial charge in [-0.1, -0.05) is 11.6 Å². The summed E-state index contributed by atoms with van der Waals surface area (Å²) in [6.07, 6.45) is 1.53. The minimum absolute atomic E-state index is 0.243. The predicted octanol–water partition coefficient (Wildman–Crippen LogP) is 2.91. The number of rotatable bonds is 1. The zero-order chi connectivity index (χ0) is 13.6. The van der Waals surface area contributed by atoms with Crippen molar-refractivity contribution in [1.29, 1.82) is 0 Å².